The van der Waals surface area contributed by atoms with E-state index in [1.165, 1.54) is 65.9 Å². The van der Waals surface area contributed by atoms with Crippen molar-refractivity contribution < 1.29 is 4.74 Å². The summed E-state index contributed by atoms with van der Waals surface area (Å²) in [5, 5.41) is 7.36. The first kappa shape index (κ1) is 35.7. The average molecular weight is 790 g/mol. The fourth-order valence-electron chi connectivity index (χ4n) is 9.40. The van der Waals surface area contributed by atoms with E-state index in [1.807, 2.05) is 0 Å². The molecule has 0 bridgehead atoms. The number of hydrogen-bond acceptors (Lipinski definition) is 2. The van der Waals surface area contributed by atoms with Gasteiger partial charge in [-0.2, -0.15) is 0 Å². The lowest BCUT2D eigenvalue weighted by molar-refractivity contribution is 0.487. The Kier molecular flexibility index (Phi) is 8.53. The maximum Gasteiger partial charge on any atom is 0.135 e. The Bertz CT molecular complexity index is 3460. The van der Waals surface area contributed by atoms with Crippen LogP contribution >= 0.6 is 0 Å². The Morgan fingerprint density at radius 3 is 1.37 bits per heavy atom. The van der Waals surface area contributed by atoms with Gasteiger partial charge in [0.1, 0.15) is 11.5 Å². The van der Waals surface area contributed by atoms with Crippen LogP contribution in [0.1, 0.15) is 0 Å². The average Bonchev–Trinajstić information content (AvgIpc) is 3.34. The molecule has 62 heavy (non-hydrogen) atoms. The summed E-state index contributed by atoms with van der Waals surface area (Å²) in [4.78, 5) is 2.36. The highest BCUT2D eigenvalue weighted by atomic mass is 16.5. The van der Waals surface area contributed by atoms with Gasteiger partial charge < -0.3 is 9.64 Å². The highest BCUT2D eigenvalue weighted by molar-refractivity contribution is 6.05. The molecular weight excluding hydrogens is 751 g/mol. The summed E-state index contributed by atoms with van der Waals surface area (Å²) in [6.07, 6.45) is 0. The normalized spacial score (nSPS) is 11.7. The van der Waals surface area contributed by atoms with E-state index < -0.39 is 0 Å². The second-order valence-corrected chi connectivity index (χ2v) is 16.1. The van der Waals surface area contributed by atoms with Crippen LogP contribution in [0.2, 0.25) is 0 Å². The van der Waals surface area contributed by atoms with Crippen LogP contribution in [0.5, 0.6) is 11.5 Å². The molecule has 1 heterocycles. The van der Waals surface area contributed by atoms with Crippen LogP contribution in [0, 0.1) is 0 Å². The largest absolute Gasteiger partial charge is 0.456 e. The minimum Gasteiger partial charge on any atom is -0.456 e. The fourth-order valence-corrected chi connectivity index (χ4v) is 9.40. The van der Waals surface area contributed by atoms with E-state index >= 15 is 0 Å². The molecule has 0 radical (unpaired) electrons. The Balaban J connectivity index is 0.922. The van der Waals surface area contributed by atoms with Gasteiger partial charge in [0.05, 0.1) is 0 Å². The number of rotatable bonds is 7. The predicted molar refractivity (Wildman–Crippen MR) is 261 cm³/mol. The summed E-state index contributed by atoms with van der Waals surface area (Å²) in [5.74, 6) is 1.79. The SMILES string of the molecule is c1cc(-c2ccc3c(c2)-c2cccc4cccc(c24)O3)cc(N(c2ccc(-c3ccc(-c4cccc5ccccc45)cc3)cc2)c2ccc(-c3cccc4ccccc34)cc2)c1. The molecule has 0 unspecified atom stereocenters. The topological polar surface area (TPSA) is 12.5 Å². The predicted octanol–water partition coefficient (Wildman–Crippen LogP) is 17.1. The number of ether oxygens (including phenoxy) is 1. The van der Waals surface area contributed by atoms with Crippen LogP contribution in [0.15, 0.2) is 237 Å². The molecule has 11 aromatic rings. The molecule has 1 aliphatic rings. The number of fused-ring (bicyclic) bond motifs is 4. The Morgan fingerprint density at radius 1 is 0.258 bits per heavy atom. The van der Waals surface area contributed by atoms with Crippen molar-refractivity contribution in [1.82, 2.24) is 0 Å². The third-order valence-corrected chi connectivity index (χ3v) is 12.5. The highest BCUT2D eigenvalue weighted by Crippen LogP contribution is 2.48. The maximum absolute atomic E-state index is 6.46. The van der Waals surface area contributed by atoms with E-state index in [0.29, 0.717) is 0 Å². The van der Waals surface area contributed by atoms with Crippen molar-refractivity contribution in [2.24, 2.45) is 0 Å². The summed E-state index contributed by atoms with van der Waals surface area (Å²) in [6, 6.07) is 85.5. The van der Waals surface area contributed by atoms with Crippen molar-refractivity contribution in [3.8, 4) is 67.1 Å². The van der Waals surface area contributed by atoms with Gasteiger partial charge in [-0.3, -0.25) is 0 Å². The van der Waals surface area contributed by atoms with Gasteiger partial charge in [0.15, 0.2) is 0 Å². The van der Waals surface area contributed by atoms with Gasteiger partial charge in [-0.05, 0) is 132 Å². The molecule has 0 saturated carbocycles. The molecule has 0 saturated heterocycles. The van der Waals surface area contributed by atoms with E-state index in [-0.39, 0.29) is 0 Å². The van der Waals surface area contributed by atoms with Crippen molar-refractivity contribution in [3.63, 3.8) is 0 Å². The van der Waals surface area contributed by atoms with Gasteiger partial charge in [0, 0.05) is 28.0 Å². The van der Waals surface area contributed by atoms with Gasteiger partial charge in [-0.15, -0.1) is 0 Å². The van der Waals surface area contributed by atoms with Crippen molar-refractivity contribution in [2.45, 2.75) is 0 Å². The molecule has 0 aliphatic carbocycles. The van der Waals surface area contributed by atoms with Crippen LogP contribution in [0.25, 0.3) is 88.0 Å². The lowest BCUT2D eigenvalue weighted by Crippen LogP contribution is -2.10. The maximum atomic E-state index is 6.46. The van der Waals surface area contributed by atoms with Gasteiger partial charge in [0.2, 0.25) is 0 Å². The molecule has 12 rings (SSSR count). The van der Waals surface area contributed by atoms with Crippen LogP contribution in [-0.2, 0) is 0 Å². The number of nitrogens with zero attached hydrogens (tertiary/aromatic N) is 1. The standard InChI is InChI=1S/C60H39NO/c1-3-18-52-42(10-1)12-6-20-54(52)44-26-24-40(25-27-44)41-28-33-49(34-29-41)61(50-35-30-45(31-36-50)55-21-7-13-43-11-2-4-19-53(43)55)51-17-5-16-47(38-51)48-32-37-58-57(39-48)56-22-8-14-46-15-9-23-59(62-58)60(46)56/h1-39H. The summed E-state index contributed by atoms with van der Waals surface area (Å²) in [5.41, 5.74) is 15.1. The van der Waals surface area contributed by atoms with Gasteiger partial charge in [-0.1, -0.05) is 182 Å². The zero-order valence-corrected chi connectivity index (χ0v) is 33.9. The molecule has 290 valence electrons. The molecule has 0 atom stereocenters. The zero-order chi connectivity index (χ0) is 41.0. The lowest BCUT2D eigenvalue weighted by atomic mass is 9.92. The monoisotopic (exact) mass is 789 g/mol. The molecule has 1 aliphatic heterocycles. The Labute approximate surface area is 361 Å². The van der Waals surface area contributed by atoms with Crippen LogP contribution < -0.4 is 9.64 Å². The summed E-state index contributed by atoms with van der Waals surface area (Å²) >= 11 is 0. The third kappa shape index (κ3) is 6.20. The lowest BCUT2D eigenvalue weighted by Gasteiger charge is -2.27. The summed E-state index contributed by atoms with van der Waals surface area (Å²) in [7, 11) is 0. The zero-order valence-electron chi connectivity index (χ0n) is 33.9. The minimum atomic E-state index is 0.882. The molecule has 2 heteroatoms. The van der Waals surface area contributed by atoms with Crippen LogP contribution in [0.3, 0.4) is 0 Å². The molecule has 0 aromatic heterocycles. The third-order valence-electron chi connectivity index (χ3n) is 12.5. The van der Waals surface area contributed by atoms with Gasteiger partial charge >= 0.3 is 0 Å². The van der Waals surface area contributed by atoms with Crippen molar-refractivity contribution >= 4 is 49.4 Å². The first-order valence-corrected chi connectivity index (χ1v) is 21.2. The molecule has 0 amide bonds. The molecule has 0 fully saturated rings. The second-order valence-electron chi connectivity index (χ2n) is 16.1. The molecule has 11 aromatic carbocycles. The molecule has 0 spiro atoms. The van der Waals surface area contributed by atoms with E-state index in [1.54, 1.807) is 0 Å². The van der Waals surface area contributed by atoms with Crippen molar-refractivity contribution in [1.29, 1.82) is 0 Å². The van der Waals surface area contributed by atoms with Gasteiger partial charge in [0.25, 0.3) is 0 Å². The first-order chi connectivity index (χ1) is 30.7. The van der Waals surface area contributed by atoms with Crippen molar-refractivity contribution in [3.05, 3.63) is 237 Å². The van der Waals surface area contributed by atoms with Crippen LogP contribution in [0.4, 0.5) is 17.1 Å². The fraction of sp³-hybridized carbons (Fsp3) is 0. The van der Waals surface area contributed by atoms with Crippen molar-refractivity contribution in [2.75, 3.05) is 4.90 Å². The minimum absolute atomic E-state index is 0.882. The summed E-state index contributed by atoms with van der Waals surface area (Å²) < 4.78 is 6.46. The van der Waals surface area contributed by atoms with E-state index in [2.05, 4.69) is 241 Å². The van der Waals surface area contributed by atoms with E-state index in [4.69, 9.17) is 4.74 Å². The first-order valence-electron chi connectivity index (χ1n) is 21.2. The van der Waals surface area contributed by atoms with Gasteiger partial charge in [-0.25, -0.2) is 0 Å². The number of anilines is 3. The Hall–Kier alpha value is -8.20. The van der Waals surface area contributed by atoms with E-state index in [0.717, 1.165) is 50.6 Å². The smallest absolute Gasteiger partial charge is 0.135 e. The summed E-state index contributed by atoms with van der Waals surface area (Å²) in [6.45, 7) is 0. The molecule has 0 N–H and O–H groups in total. The second kappa shape index (κ2) is 14.8. The number of hydrogen-bond donors (Lipinski definition) is 0. The Morgan fingerprint density at radius 2 is 0.726 bits per heavy atom. The molecule has 2 nitrogen and oxygen atoms in total. The van der Waals surface area contributed by atoms with E-state index in [9.17, 15) is 0 Å². The number of benzene rings is 11. The quantitative estimate of drug-likeness (QED) is 0.159. The van der Waals surface area contributed by atoms with Crippen LogP contribution in [-0.4, -0.2) is 0 Å². The molecular formula is C60H39NO. The highest BCUT2D eigenvalue weighted by Gasteiger charge is 2.21.